The summed E-state index contributed by atoms with van der Waals surface area (Å²) in [6.07, 6.45) is -2.96. The highest BCUT2D eigenvalue weighted by Gasteiger charge is 2.41. The summed E-state index contributed by atoms with van der Waals surface area (Å²) < 4.78 is 21.8. The predicted octanol–water partition coefficient (Wildman–Crippen LogP) is 3.08. The number of nitrogens with zero attached hydrogens (tertiary/aromatic N) is 1. The highest BCUT2D eigenvalue weighted by Crippen LogP contribution is 2.42. The second-order valence-electron chi connectivity index (χ2n) is 7.95. The molecule has 3 aromatic carbocycles. The van der Waals surface area contributed by atoms with Crippen molar-refractivity contribution in [3.8, 4) is 0 Å². The predicted molar refractivity (Wildman–Crippen MR) is 128 cm³/mol. The molecule has 1 amide bonds. The lowest BCUT2D eigenvalue weighted by atomic mass is 9.80. The van der Waals surface area contributed by atoms with Gasteiger partial charge in [-0.3, -0.25) is 9.59 Å². The summed E-state index contributed by atoms with van der Waals surface area (Å²) in [5, 5.41) is 10.7. The van der Waals surface area contributed by atoms with Crippen molar-refractivity contribution in [2.24, 2.45) is 5.73 Å². The summed E-state index contributed by atoms with van der Waals surface area (Å²) in [6, 6.07) is 27.6. The molecule has 1 heterocycles. The number of aromatic amines is 1. The zero-order valence-electron chi connectivity index (χ0n) is 18.7. The number of nitrogens with two attached hydrogens (primary N) is 1. The Balaban J connectivity index is 1.74. The summed E-state index contributed by atoms with van der Waals surface area (Å²) in [5.74, 6) is -1.02. The van der Waals surface area contributed by atoms with Crippen LogP contribution in [-0.4, -0.2) is 33.4 Å². The lowest BCUT2D eigenvalue weighted by Gasteiger charge is -2.37. The van der Waals surface area contributed by atoms with E-state index in [-0.39, 0.29) is 12.1 Å². The normalized spacial score (nSPS) is 13.2. The maximum absolute atomic E-state index is 15.7. The van der Waals surface area contributed by atoms with E-state index < -0.39 is 35.2 Å². The molecular weight excluding hydrogens is 449 g/mol. The average Bonchev–Trinajstić information content (AvgIpc) is 2.89. The Hall–Kier alpha value is -4.14. The van der Waals surface area contributed by atoms with Gasteiger partial charge in [-0.2, -0.15) is 0 Å². The number of carbonyl (C=O) groups is 1. The number of benzene rings is 3. The molecule has 4 aromatic rings. The highest BCUT2D eigenvalue weighted by molar-refractivity contribution is 5.90. The Bertz CT molecular complexity index is 1230. The number of amides is 1. The molecule has 0 bridgehead atoms. The average molecular weight is 474 g/mol. The van der Waals surface area contributed by atoms with E-state index in [1.807, 2.05) is 91.0 Å². The number of carbonyl (C=O) groups excluding carboxylic acids is 1. The summed E-state index contributed by atoms with van der Waals surface area (Å²) in [4.78, 5) is 29.3. The van der Waals surface area contributed by atoms with Crippen molar-refractivity contribution in [1.29, 1.82) is 0 Å². The van der Waals surface area contributed by atoms with Crippen molar-refractivity contribution in [2.45, 2.75) is 24.5 Å². The third kappa shape index (κ3) is 5.03. The molecule has 35 heavy (non-hydrogen) atoms. The summed E-state index contributed by atoms with van der Waals surface area (Å²) >= 11 is 0. The molecule has 0 aliphatic carbocycles. The molecule has 1 aromatic heterocycles. The van der Waals surface area contributed by atoms with Crippen LogP contribution in [0.5, 0.6) is 0 Å². The van der Waals surface area contributed by atoms with Crippen molar-refractivity contribution in [2.75, 3.05) is 0 Å². The largest absolute Gasteiger partial charge is 0.387 e. The van der Waals surface area contributed by atoms with Crippen LogP contribution in [0.1, 0.15) is 32.9 Å². The van der Waals surface area contributed by atoms with E-state index in [2.05, 4.69) is 9.97 Å². The van der Waals surface area contributed by atoms with Crippen LogP contribution in [0.2, 0.25) is 0 Å². The highest BCUT2D eigenvalue weighted by atomic mass is 19.1. The van der Waals surface area contributed by atoms with E-state index in [9.17, 15) is 14.7 Å². The quantitative estimate of drug-likeness (QED) is 0.323. The number of hydrogen-bond acceptors (Lipinski definition) is 5. The third-order valence-corrected chi connectivity index (χ3v) is 5.62. The van der Waals surface area contributed by atoms with E-state index in [1.54, 1.807) is 0 Å². The number of aliphatic hydroxyl groups excluding tert-OH is 1. The first-order valence-electron chi connectivity index (χ1n) is 11.0. The number of primary amides is 1. The van der Waals surface area contributed by atoms with Crippen LogP contribution < -0.4 is 11.3 Å². The van der Waals surface area contributed by atoms with E-state index in [1.165, 1.54) is 6.20 Å². The molecule has 0 saturated heterocycles. The van der Waals surface area contributed by atoms with Gasteiger partial charge in [0.1, 0.15) is 11.7 Å². The van der Waals surface area contributed by atoms with Gasteiger partial charge in [-0.1, -0.05) is 91.0 Å². The monoisotopic (exact) mass is 473 g/mol. The van der Waals surface area contributed by atoms with Crippen molar-refractivity contribution in [3.63, 3.8) is 0 Å². The number of aliphatic hydroxyl groups is 1. The molecule has 0 aliphatic rings. The second-order valence-corrected chi connectivity index (χ2v) is 7.95. The standard InChI is InChI=1S/C27H24FN3O4/c28-24(22(32)16-21-17-30-26(34)23(31-21)25(29)33)35-27(18-10-4-1-5-11-18,19-12-6-2-7-13-19)20-14-8-3-9-15-20/h1-15,17,22,24,32H,16H2,(H2,29,33)(H,30,34). The molecule has 4 N–H and O–H groups in total. The minimum atomic E-state index is -2.17. The van der Waals surface area contributed by atoms with Crippen LogP contribution in [-0.2, 0) is 16.8 Å². The Morgan fingerprint density at radius 2 is 1.40 bits per heavy atom. The van der Waals surface area contributed by atoms with Gasteiger partial charge < -0.3 is 20.6 Å². The van der Waals surface area contributed by atoms with Gasteiger partial charge in [-0.15, -0.1) is 0 Å². The Morgan fingerprint density at radius 3 is 1.83 bits per heavy atom. The van der Waals surface area contributed by atoms with Gasteiger partial charge in [-0.05, 0) is 16.7 Å². The SMILES string of the molecule is NC(=O)c1nc(CC(O)C(F)OC(c2ccccc2)(c2ccccc2)c2ccccc2)c[nH]c1=O. The summed E-state index contributed by atoms with van der Waals surface area (Å²) in [5.41, 5.74) is 4.61. The fraction of sp³-hybridized carbons (Fsp3) is 0.148. The summed E-state index contributed by atoms with van der Waals surface area (Å²) in [7, 11) is 0. The molecular formula is C27H24FN3O4. The third-order valence-electron chi connectivity index (χ3n) is 5.62. The zero-order chi connectivity index (χ0) is 24.8. The maximum atomic E-state index is 15.7. The number of halogens is 1. The van der Waals surface area contributed by atoms with Crippen LogP contribution in [0.4, 0.5) is 4.39 Å². The zero-order valence-corrected chi connectivity index (χ0v) is 18.7. The fourth-order valence-corrected chi connectivity index (χ4v) is 3.99. The van der Waals surface area contributed by atoms with Gasteiger partial charge in [-0.25, -0.2) is 9.37 Å². The van der Waals surface area contributed by atoms with E-state index in [0.717, 1.165) is 0 Å². The fourth-order valence-electron chi connectivity index (χ4n) is 3.99. The van der Waals surface area contributed by atoms with Gasteiger partial charge in [0.15, 0.2) is 5.69 Å². The van der Waals surface area contributed by atoms with Crippen LogP contribution >= 0.6 is 0 Å². The number of hydrogen-bond donors (Lipinski definition) is 3. The van der Waals surface area contributed by atoms with Crippen molar-refractivity contribution < 1.29 is 19.0 Å². The molecule has 0 saturated carbocycles. The number of nitrogens with one attached hydrogen (secondary N) is 1. The number of H-pyrrole nitrogens is 1. The van der Waals surface area contributed by atoms with Gasteiger partial charge >= 0.3 is 0 Å². The Labute approximate surface area is 201 Å². The smallest absolute Gasteiger partial charge is 0.279 e. The van der Waals surface area contributed by atoms with Gasteiger partial charge in [0.25, 0.3) is 11.5 Å². The lowest BCUT2D eigenvalue weighted by molar-refractivity contribution is -0.164. The molecule has 0 aliphatic heterocycles. The topological polar surface area (TPSA) is 118 Å². The number of rotatable bonds is 9. The van der Waals surface area contributed by atoms with Crippen molar-refractivity contribution in [3.05, 3.63) is 136 Å². The molecule has 0 fully saturated rings. The minimum absolute atomic E-state index is 0.0851. The lowest BCUT2D eigenvalue weighted by Crippen LogP contribution is -2.40. The van der Waals surface area contributed by atoms with E-state index >= 15 is 4.39 Å². The van der Waals surface area contributed by atoms with Crippen LogP contribution in [0.25, 0.3) is 0 Å². The molecule has 0 spiro atoms. The van der Waals surface area contributed by atoms with E-state index in [4.69, 9.17) is 10.5 Å². The second kappa shape index (κ2) is 10.4. The molecule has 0 radical (unpaired) electrons. The van der Waals surface area contributed by atoms with Gasteiger partial charge in [0.2, 0.25) is 6.36 Å². The van der Waals surface area contributed by atoms with Crippen LogP contribution in [0.15, 0.2) is 102 Å². The van der Waals surface area contributed by atoms with Gasteiger partial charge in [0, 0.05) is 12.6 Å². The first kappa shape index (κ1) is 24.0. The maximum Gasteiger partial charge on any atom is 0.279 e. The first-order valence-corrected chi connectivity index (χ1v) is 11.0. The van der Waals surface area contributed by atoms with E-state index in [0.29, 0.717) is 16.7 Å². The molecule has 2 unspecified atom stereocenters. The number of alkyl halides is 1. The van der Waals surface area contributed by atoms with Crippen molar-refractivity contribution in [1.82, 2.24) is 9.97 Å². The number of aromatic nitrogens is 2. The van der Waals surface area contributed by atoms with Crippen molar-refractivity contribution >= 4 is 5.91 Å². The first-order chi connectivity index (χ1) is 16.9. The summed E-state index contributed by atoms with van der Waals surface area (Å²) in [6.45, 7) is 0. The Morgan fingerprint density at radius 1 is 0.943 bits per heavy atom. The Kier molecular flexibility index (Phi) is 7.14. The van der Waals surface area contributed by atoms with Crippen LogP contribution in [0.3, 0.4) is 0 Å². The molecule has 2 atom stereocenters. The van der Waals surface area contributed by atoms with Gasteiger partial charge in [0.05, 0.1) is 5.69 Å². The minimum Gasteiger partial charge on any atom is -0.387 e. The molecule has 4 rings (SSSR count). The molecule has 8 heteroatoms. The van der Waals surface area contributed by atoms with Crippen LogP contribution in [0, 0.1) is 0 Å². The number of ether oxygens (including phenoxy) is 1. The molecule has 7 nitrogen and oxygen atoms in total. The molecule has 178 valence electrons.